The molecule has 41 heavy (non-hydrogen) atoms. The number of rotatable bonds is 13. The smallest absolute Gasteiger partial charge is 0.321 e. The monoisotopic (exact) mass is 555 g/mol. The van der Waals surface area contributed by atoms with Crippen molar-refractivity contribution in [2.24, 2.45) is 17.1 Å². The van der Waals surface area contributed by atoms with E-state index in [9.17, 15) is 9.59 Å². The van der Waals surface area contributed by atoms with E-state index < -0.39 is 11.4 Å². The summed E-state index contributed by atoms with van der Waals surface area (Å²) in [5.41, 5.74) is 8.32. The van der Waals surface area contributed by atoms with Crippen molar-refractivity contribution in [2.45, 2.75) is 52.0 Å². The average Bonchev–Trinajstić information content (AvgIpc) is 3.20. The Morgan fingerprint density at radius 3 is 2.20 bits per heavy atom. The second-order valence-corrected chi connectivity index (χ2v) is 10.8. The van der Waals surface area contributed by atoms with Crippen LogP contribution in [0.4, 0.5) is 0 Å². The van der Waals surface area contributed by atoms with Gasteiger partial charge in [-0.25, -0.2) is 0 Å². The highest BCUT2D eigenvalue weighted by Crippen LogP contribution is 2.46. The molecule has 7 heteroatoms. The van der Waals surface area contributed by atoms with Gasteiger partial charge in [0.05, 0.1) is 13.2 Å². The topological polar surface area (TPSA) is 106 Å². The maximum atomic E-state index is 14.0. The van der Waals surface area contributed by atoms with Crippen molar-refractivity contribution >= 4 is 17.7 Å². The van der Waals surface area contributed by atoms with E-state index >= 15 is 0 Å². The van der Waals surface area contributed by atoms with Crippen molar-refractivity contribution in [3.63, 3.8) is 0 Å². The molecule has 216 valence electrons. The van der Waals surface area contributed by atoms with Crippen LogP contribution < -0.4 is 10.5 Å². The van der Waals surface area contributed by atoms with Crippen LogP contribution in [0.3, 0.4) is 0 Å². The number of likely N-dealkylation sites (tertiary alicyclic amines) is 1. The average molecular weight is 556 g/mol. The van der Waals surface area contributed by atoms with E-state index in [1.165, 1.54) is 12.7 Å². The van der Waals surface area contributed by atoms with E-state index in [4.69, 9.17) is 20.6 Å². The predicted octanol–water partition coefficient (Wildman–Crippen LogP) is 5.85. The van der Waals surface area contributed by atoms with Crippen molar-refractivity contribution in [1.82, 2.24) is 4.90 Å². The molecule has 3 aromatic rings. The van der Waals surface area contributed by atoms with Crippen LogP contribution >= 0.6 is 0 Å². The number of nitrogens with two attached hydrogens (primary N) is 1. The molecule has 0 radical (unpaired) electrons. The van der Waals surface area contributed by atoms with Gasteiger partial charge in [-0.05, 0) is 48.1 Å². The summed E-state index contributed by atoms with van der Waals surface area (Å²) in [6.07, 6.45) is 3.77. The van der Waals surface area contributed by atoms with Gasteiger partial charge in [0.1, 0.15) is 18.2 Å². The summed E-state index contributed by atoms with van der Waals surface area (Å²) in [7, 11) is 1.37. The molecule has 1 aliphatic heterocycles. The number of nitrogens with one attached hydrogen (secondary N) is 1. The Bertz CT molecular complexity index is 1320. The van der Waals surface area contributed by atoms with Gasteiger partial charge in [-0.1, -0.05) is 93.4 Å². The first-order valence-corrected chi connectivity index (χ1v) is 14.4. The molecule has 4 rings (SSSR count). The summed E-state index contributed by atoms with van der Waals surface area (Å²) in [5.74, 6) is -0.109. The lowest BCUT2D eigenvalue weighted by molar-refractivity contribution is -0.161. The number of carbonyl (C=O) groups excluding carboxylic acids is 2. The molecule has 0 bridgehead atoms. The van der Waals surface area contributed by atoms with Gasteiger partial charge in [0.25, 0.3) is 0 Å². The zero-order valence-electron chi connectivity index (χ0n) is 24.3. The van der Waals surface area contributed by atoms with E-state index in [-0.39, 0.29) is 30.3 Å². The van der Waals surface area contributed by atoms with Gasteiger partial charge in [-0.3, -0.25) is 15.0 Å². The number of benzene rings is 3. The van der Waals surface area contributed by atoms with Crippen LogP contribution in [0.1, 0.15) is 50.7 Å². The minimum Gasteiger partial charge on any atom is -0.491 e. The standard InChI is InChI=1S/C34H41N3O4/c1-4-5-21-34(33(39)40-3)24(2)30(37(32(34)38)22-9-12-25-10-7-6-8-11-25)23-41-29-19-17-27(18-20-29)26-13-15-28(16-14-26)31(35)36/h6-8,10-11,13-20,24,30H,4-5,9,12,21-23H2,1-3H3,(H3,35,36)/t24?,30-,34+/m1/s1. The number of carbonyl (C=O) groups is 2. The lowest BCUT2D eigenvalue weighted by Crippen LogP contribution is -2.44. The second kappa shape index (κ2) is 13.5. The summed E-state index contributed by atoms with van der Waals surface area (Å²) in [4.78, 5) is 29.1. The third-order valence-corrected chi connectivity index (χ3v) is 8.38. The predicted molar refractivity (Wildman–Crippen MR) is 162 cm³/mol. The molecule has 3 aromatic carbocycles. The molecular formula is C34H41N3O4. The fourth-order valence-electron chi connectivity index (χ4n) is 5.91. The van der Waals surface area contributed by atoms with Crippen LogP contribution in [-0.2, 0) is 20.7 Å². The van der Waals surface area contributed by atoms with E-state index in [0.717, 1.165) is 36.8 Å². The third kappa shape index (κ3) is 6.45. The summed E-state index contributed by atoms with van der Waals surface area (Å²) in [6, 6.07) is 25.3. The summed E-state index contributed by atoms with van der Waals surface area (Å²) >= 11 is 0. The summed E-state index contributed by atoms with van der Waals surface area (Å²) in [5, 5.41) is 7.58. The third-order valence-electron chi connectivity index (χ3n) is 8.38. The van der Waals surface area contributed by atoms with Crippen molar-refractivity contribution in [3.05, 3.63) is 90.0 Å². The quantitative estimate of drug-likeness (QED) is 0.119. The van der Waals surface area contributed by atoms with Crippen LogP contribution in [0.15, 0.2) is 78.9 Å². The normalized spacial score (nSPS) is 20.2. The minimum atomic E-state index is -1.19. The van der Waals surface area contributed by atoms with E-state index in [0.29, 0.717) is 24.3 Å². The van der Waals surface area contributed by atoms with Gasteiger partial charge >= 0.3 is 5.97 Å². The maximum Gasteiger partial charge on any atom is 0.321 e. The minimum absolute atomic E-state index is 0.0416. The number of nitrogen functional groups attached to an aromatic ring is 1. The molecule has 0 aliphatic carbocycles. The zero-order chi connectivity index (χ0) is 29.4. The number of methoxy groups -OCH3 is 1. The highest BCUT2D eigenvalue weighted by molar-refractivity contribution is 6.05. The number of hydrogen-bond donors (Lipinski definition) is 2. The molecule has 1 aliphatic rings. The lowest BCUT2D eigenvalue weighted by Gasteiger charge is -2.29. The fraction of sp³-hybridized carbons (Fsp3) is 0.382. The van der Waals surface area contributed by atoms with E-state index in [1.54, 1.807) is 0 Å². The fourth-order valence-corrected chi connectivity index (χ4v) is 5.91. The maximum absolute atomic E-state index is 14.0. The number of amidine groups is 1. The molecule has 1 fully saturated rings. The van der Waals surface area contributed by atoms with Crippen LogP contribution in [0.5, 0.6) is 5.75 Å². The summed E-state index contributed by atoms with van der Waals surface area (Å²) in [6.45, 7) is 4.89. The van der Waals surface area contributed by atoms with Crippen LogP contribution in [-0.4, -0.2) is 48.9 Å². The van der Waals surface area contributed by atoms with E-state index in [2.05, 4.69) is 19.1 Å². The van der Waals surface area contributed by atoms with Crippen LogP contribution in [0, 0.1) is 16.7 Å². The van der Waals surface area contributed by atoms with Crippen LogP contribution in [0.25, 0.3) is 11.1 Å². The number of unbranched alkanes of at least 4 members (excludes halogenated alkanes) is 1. The van der Waals surface area contributed by atoms with Crippen molar-refractivity contribution in [3.8, 4) is 16.9 Å². The molecule has 1 saturated heterocycles. The lowest BCUT2D eigenvalue weighted by atomic mass is 9.72. The number of hydrogen-bond acceptors (Lipinski definition) is 5. The Morgan fingerprint density at radius 2 is 1.61 bits per heavy atom. The van der Waals surface area contributed by atoms with Crippen LogP contribution in [0.2, 0.25) is 0 Å². The first kappa shape index (κ1) is 29.8. The SMILES string of the molecule is CCCC[C@@]1(C(=O)OC)C(=O)N(CCCc2ccccc2)[C@H](COc2ccc(-c3ccc(C(=N)N)cc3)cc2)C1C. The molecule has 0 spiro atoms. The first-order valence-electron chi connectivity index (χ1n) is 14.4. The van der Waals surface area contributed by atoms with E-state index in [1.807, 2.05) is 78.6 Å². The molecule has 1 unspecified atom stereocenters. The zero-order valence-corrected chi connectivity index (χ0v) is 24.3. The Morgan fingerprint density at radius 1 is 0.976 bits per heavy atom. The largest absolute Gasteiger partial charge is 0.491 e. The second-order valence-electron chi connectivity index (χ2n) is 10.8. The van der Waals surface area contributed by atoms with Gasteiger partial charge in [0.2, 0.25) is 5.91 Å². The molecule has 7 nitrogen and oxygen atoms in total. The first-order chi connectivity index (χ1) is 19.8. The Labute approximate surface area is 243 Å². The Hall–Kier alpha value is -4.13. The number of ether oxygens (including phenoxy) is 2. The highest BCUT2D eigenvalue weighted by atomic mass is 16.5. The number of nitrogens with zero attached hydrogens (tertiary/aromatic N) is 1. The van der Waals surface area contributed by atoms with Gasteiger partial charge < -0.3 is 20.1 Å². The molecule has 0 aromatic heterocycles. The number of amides is 1. The molecule has 1 heterocycles. The van der Waals surface area contributed by atoms with Gasteiger partial charge in [-0.15, -0.1) is 0 Å². The number of esters is 1. The van der Waals surface area contributed by atoms with Crippen molar-refractivity contribution in [1.29, 1.82) is 5.41 Å². The Kier molecular flexibility index (Phi) is 9.82. The highest BCUT2D eigenvalue weighted by Gasteiger charge is 2.61. The van der Waals surface area contributed by atoms with Gasteiger partial charge in [0, 0.05) is 18.0 Å². The van der Waals surface area contributed by atoms with Gasteiger partial charge in [-0.2, -0.15) is 0 Å². The molecule has 1 amide bonds. The number of aryl methyl sites for hydroxylation is 1. The molecule has 3 atom stereocenters. The molecule has 0 saturated carbocycles. The van der Waals surface area contributed by atoms with Crippen molar-refractivity contribution < 1.29 is 19.1 Å². The summed E-state index contributed by atoms with van der Waals surface area (Å²) < 4.78 is 11.5. The molecular weight excluding hydrogens is 514 g/mol. The van der Waals surface area contributed by atoms with Crippen molar-refractivity contribution in [2.75, 3.05) is 20.3 Å². The van der Waals surface area contributed by atoms with Gasteiger partial charge in [0.15, 0.2) is 5.41 Å². The Balaban J connectivity index is 1.51. The molecule has 3 N–H and O–H groups in total.